The van der Waals surface area contributed by atoms with Gasteiger partial charge in [-0.3, -0.25) is 0 Å². The lowest BCUT2D eigenvalue weighted by molar-refractivity contribution is 0.404. The minimum Gasteiger partial charge on any atom is -0.347 e. The lowest BCUT2D eigenvalue weighted by atomic mass is 10.3. The van der Waals surface area contributed by atoms with Crippen LogP contribution in [0.25, 0.3) is 0 Å². The first-order valence-corrected chi connectivity index (χ1v) is 3.25. The molecule has 1 heterocycles. The molecule has 0 aliphatic rings. The lowest BCUT2D eigenvalue weighted by Gasteiger charge is -1.74. The minimum atomic E-state index is 0.652. The molecule has 0 N–H and O–H groups in total. The fourth-order valence-electron chi connectivity index (χ4n) is 0.661. The quantitative estimate of drug-likeness (QED) is 0.547. The van der Waals surface area contributed by atoms with Gasteiger partial charge < -0.3 is 4.52 Å². The molecule has 0 bridgehead atoms. The Balaban J connectivity index is 2.84. The lowest BCUT2D eigenvalue weighted by Crippen LogP contribution is -1.73. The van der Waals surface area contributed by atoms with Crippen LogP contribution in [0.2, 0.25) is 0 Å². The molecule has 0 saturated heterocycles. The number of hydrogen-bond acceptors (Lipinski definition) is 2. The first-order chi connectivity index (χ1) is 4.86. The van der Waals surface area contributed by atoms with Crippen LogP contribution in [-0.2, 0) is 6.42 Å². The molecule has 2 nitrogen and oxygen atoms in total. The third kappa shape index (κ3) is 1.38. The molecule has 0 amide bonds. The fraction of sp³-hybridized carbons (Fsp3) is 0.375. The van der Waals surface area contributed by atoms with E-state index in [9.17, 15) is 0 Å². The van der Waals surface area contributed by atoms with E-state index in [-0.39, 0.29) is 0 Å². The van der Waals surface area contributed by atoms with Crippen molar-refractivity contribution >= 4 is 0 Å². The predicted octanol–water partition coefficient (Wildman–Crippen LogP) is 1.61. The maximum Gasteiger partial charge on any atom is 0.209 e. The standard InChI is InChI=1S/C8H9NO/c1-3-5-8-6-7(4-2)9-10-8/h6H,4H2,1-2H3. The molecule has 0 saturated carbocycles. The molecule has 1 aromatic rings. The molecule has 0 fully saturated rings. The van der Waals surface area contributed by atoms with E-state index < -0.39 is 0 Å². The van der Waals surface area contributed by atoms with Gasteiger partial charge in [-0.15, -0.1) is 0 Å². The van der Waals surface area contributed by atoms with Gasteiger partial charge >= 0.3 is 0 Å². The fourth-order valence-corrected chi connectivity index (χ4v) is 0.661. The van der Waals surface area contributed by atoms with Crippen molar-refractivity contribution in [2.75, 3.05) is 0 Å². The highest BCUT2D eigenvalue weighted by atomic mass is 16.5. The Labute approximate surface area is 60.2 Å². The predicted molar refractivity (Wildman–Crippen MR) is 38.4 cm³/mol. The smallest absolute Gasteiger partial charge is 0.209 e. The van der Waals surface area contributed by atoms with Crippen molar-refractivity contribution in [3.05, 3.63) is 17.5 Å². The molecule has 2 heteroatoms. The van der Waals surface area contributed by atoms with E-state index in [0.717, 1.165) is 12.1 Å². The van der Waals surface area contributed by atoms with E-state index in [1.54, 1.807) is 6.92 Å². The molecule has 0 aromatic carbocycles. The Morgan fingerprint density at radius 3 is 3.00 bits per heavy atom. The van der Waals surface area contributed by atoms with Crippen LogP contribution in [0.15, 0.2) is 10.6 Å². The van der Waals surface area contributed by atoms with Crippen LogP contribution in [0.3, 0.4) is 0 Å². The maximum atomic E-state index is 4.87. The van der Waals surface area contributed by atoms with E-state index in [1.165, 1.54) is 0 Å². The van der Waals surface area contributed by atoms with Gasteiger partial charge in [-0.05, 0) is 19.3 Å². The van der Waals surface area contributed by atoms with Crippen LogP contribution in [-0.4, -0.2) is 5.16 Å². The summed E-state index contributed by atoms with van der Waals surface area (Å²) in [6.07, 6.45) is 0.898. The minimum absolute atomic E-state index is 0.652. The summed E-state index contributed by atoms with van der Waals surface area (Å²) in [6.45, 7) is 3.80. The second kappa shape index (κ2) is 3.07. The summed E-state index contributed by atoms with van der Waals surface area (Å²) in [5, 5.41) is 3.78. The number of nitrogens with zero attached hydrogens (tertiary/aromatic N) is 1. The molecular weight excluding hydrogens is 126 g/mol. The molecule has 0 aliphatic carbocycles. The summed E-state index contributed by atoms with van der Waals surface area (Å²) in [4.78, 5) is 0. The molecule has 0 spiro atoms. The molecular formula is C8H9NO. The van der Waals surface area contributed by atoms with Crippen LogP contribution in [0.1, 0.15) is 25.3 Å². The third-order valence-corrected chi connectivity index (χ3v) is 1.17. The zero-order valence-electron chi connectivity index (χ0n) is 6.14. The normalized spacial score (nSPS) is 8.60. The van der Waals surface area contributed by atoms with E-state index in [2.05, 4.69) is 17.0 Å². The van der Waals surface area contributed by atoms with Gasteiger partial charge in [-0.25, -0.2) is 0 Å². The zero-order chi connectivity index (χ0) is 7.40. The molecule has 1 rings (SSSR count). The molecule has 10 heavy (non-hydrogen) atoms. The van der Waals surface area contributed by atoms with Gasteiger partial charge in [0.05, 0.1) is 5.69 Å². The van der Waals surface area contributed by atoms with Gasteiger partial charge in [-0.1, -0.05) is 18.0 Å². The molecule has 0 aliphatic heterocycles. The second-order valence-corrected chi connectivity index (χ2v) is 1.91. The topological polar surface area (TPSA) is 26.0 Å². The number of aromatic nitrogens is 1. The summed E-state index contributed by atoms with van der Waals surface area (Å²) in [7, 11) is 0. The van der Waals surface area contributed by atoms with Crippen molar-refractivity contribution in [2.24, 2.45) is 0 Å². The number of aryl methyl sites for hydroxylation is 1. The Hall–Kier alpha value is -1.23. The monoisotopic (exact) mass is 135 g/mol. The third-order valence-electron chi connectivity index (χ3n) is 1.17. The average Bonchev–Trinajstić information content (AvgIpc) is 2.37. The zero-order valence-corrected chi connectivity index (χ0v) is 6.14. The van der Waals surface area contributed by atoms with E-state index >= 15 is 0 Å². The highest BCUT2D eigenvalue weighted by molar-refractivity contribution is 5.24. The largest absolute Gasteiger partial charge is 0.347 e. The van der Waals surface area contributed by atoms with Crippen molar-refractivity contribution in [2.45, 2.75) is 20.3 Å². The van der Waals surface area contributed by atoms with Crippen molar-refractivity contribution in [3.8, 4) is 11.8 Å². The highest BCUT2D eigenvalue weighted by Crippen LogP contribution is 2.01. The van der Waals surface area contributed by atoms with E-state index in [0.29, 0.717) is 5.76 Å². The first-order valence-electron chi connectivity index (χ1n) is 3.25. The summed E-state index contributed by atoms with van der Waals surface area (Å²) in [5.41, 5.74) is 0.956. The maximum absolute atomic E-state index is 4.87. The summed E-state index contributed by atoms with van der Waals surface area (Å²) in [5.74, 6) is 6.17. The average molecular weight is 135 g/mol. The Bertz CT molecular complexity index is 264. The van der Waals surface area contributed by atoms with Gasteiger partial charge in [0.15, 0.2) is 0 Å². The van der Waals surface area contributed by atoms with Crippen molar-refractivity contribution < 1.29 is 4.52 Å². The molecule has 0 unspecified atom stereocenters. The van der Waals surface area contributed by atoms with Gasteiger partial charge in [0.1, 0.15) is 0 Å². The van der Waals surface area contributed by atoms with Crippen LogP contribution < -0.4 is 0 Å². The van der Waals surface area contributed by atoms with Gasteiger partial charge in [0, 0.05) is 6.07 Å². The van der Waals surface area contributed by atoms with Crippen molar-refractivity contribution in [1.82, 2.24) is 5.16 Å². The number of hydrogen-bond donors (Lipinski definition) is 0. The summed E-state index contributed by atoms with van der Waals surface area (Å²) in [6, 6.07) is 1.86. The Morgan fingerprint density at radius 2 is 2.50 bits per heavy atom. The van der Waals surface area contributed by atoms with Crippen LogP contribution in [0, 0.1) is 11.8 Å². The molecule has 52 valence electrons. The van der Waals surface area contributed by atoms with E-state index in [4.69, 9.17) is 4.52 Å². The van der Waals surface area contributed by atoms with Gasteiger partial charge in [0.2, 0.25) is 5.76 Å². The number of rotatable bonds is 1. The molecule has 0 radical (unpaired) electrons. The Kier molecular flexibility index (Phi) is 2.11. The summed E-state index contributed by atoms with van der Waals surface area (Å²) >= 11 is 0. The van der Waals surface area contributed by atoms with Crippen LogP contribution in [0.4, 0.5) is 0 Å². The highest BCUT2D eigenvalue weighted by Gasteiger charge is 1.96. The van der Waals surface area contributed by atoms with Crippen molar-refractivity contribution in [1.29, 1.82) is 0 Å². The van der Waals surface area contributed by atoms with Crippen LogP contribution >= 0.6 is 0 Å². The van der Waals surface area contributed by atoms with Gasteiger partial charge in [0.25, 0.3) is 0 Å². The SMILES string of the molecule is CC#Cc1cc(CC)no1. The Morgan fingerprint density at radius 1 is 1.70 bits per heavy atom. The van der Waals surface area contributed by atoms with Crippen LogP contribution in [0.5, 0.6) is 0 Å². The molecule has 0 atom stereocenters. The van der Waals surface area contributed by atoms with Crippen molar-refractivity contribution in [3.63, 3.8) is 0 Å². The second-order valence-electron chi connectivity index (χ2n) is 1.91. The first kappa shape index (κ1) is 6.88. The summed E-state index contributed by atoms with van der Waals surface area (Å²) < 4.78 is 4.87. The van der Waals surface area contributed by atoms with E-state index in [1.807, 2.05) is 13.0 Å². The van der Waals surface area contributed by atoms with Gasteiger partial charge in [-0.2, -0.15) is 0 Å². The molecule has 1 aromatic heterocycles.